The second kappa shape index (κ2) is 9.18. The Morgan fingerprint density at radius 3 is 2.79 bits per heavy atom. The lowest BCUT2D eigenvalue weighted by molar-refractivity contribution is 0.0137. The van der Waals surface area contributed by atoms with E-state index >= 15 is 0 Å². The topological polar surface area (TPSA) is 68.5 Å². The van der Waals surface area contributed by atoms with Crippen molar-refractivity contribution >= 4 is 41.5 Å². The van der Waals surface area contributed by atoms with Crippen molar-refractivity contribution in [1.29, 1.82) is 0 Å². The summed E-state index contributed by atoms with van der Waals surface area (Å²) in [6.07, 6.45) is 3.49. The number of likely N-dealkylation sites (tertiary alicyclic amines) is 1. The lowest BCUT2D eigenvalue weighted by Crippen LogP contribution is -2.51. The summed E-state index contributed by atoms with van der Waals surface area (Å²) in [7, 11) is 1.71. The van der Waals surface area contributed by atoms with Gasteiger partial charge in [0.05, 0.1) is 6.10 Å². The molecule has 3 rings (SSSR count). The smallest absolute Gasteiger partial charge is 0.273 e. The molecule has 0 bridgehead atoms. The average Bonchev–Trinajstić information content (AvgIpc) is 2.60. The largest absolute Gasteiger partial charge is 0.381 e. The molecule has 0 radical (unpaired) electrons. The summed E-state index contributed by atoms with van der Waals surface area (Å²) in [6, 6.07) is 9.75. The number of rotatable bonds is 3. The van der Waals surface area contributed by atoms with Crippen molar-refractivity contribution in [3.05, 3.63) is 42.2 Å². The third-order valence-electron chi connectivity index (χ3n) is 4.41. The third-order valence-corrected chi connectivity index (χ3v) is 4.41. The van der Waals surface area contributed by atoms with Gasteiger partial charge < -0.3 is 15.4 Å². The van der Waals surface area contributed by atoms with Crippen molar-refractivity contribution in [2.24, 2.45) is 5.73 Å². The molecule has 1 amide bonds. The fourth-order valence-corrected chi connectivity index (χ4v) is 3.15. The van der Waals surface area contributed by atoms with E-state index in [-0.39, 0.29) is 42.9 Å². The number of halogens is 2. The van der Waals surface area contributed by atoms with Crippen LogP contribution in [0.4, 0.5) is 0 Å². The zero-order valence-electron chi connectivity index (χ0n) is 13.6. The van der Waals surface area contributed by atoms with Gasteiger partial charge in [-0.2, -0.15) is 0 Å². The molecule has 132 valence electrons. The van der Waals surface area contributed by atoms with Gasteiger partial charge in [0, 0.05) is 37.8 Å². The van der Waals surface area contributed by atoms with E-state index in [1.807, 2.05) is 35.2 Å². The molecule has 2 aromatic rings. The van der Waals surface area contributed by atoms with Crippen LogP contribution in [0.1, 0.15) is 23.3 Å². The van der Waals surface area contributed by atoms with Crippen LogP contribution in [0.25, 0.3) is 10.8 Å². The van der Waals surface area contributed by atoms with Crippen molar-refractivity contribution in [2.75, 3.05) is 20.2 Å². The van der Waals surface area contributed by atoms with Crippen LogP contribution in [-0.2, 0) is 4.74 Å². The van der Waals surface area contributed by atoms with Crippen LogP contribution in [0.3, 0.4) is 0 Å². The van der Waals surface area contributed by atoms with Gasteiger partial charge >= 0.3 is 0 Å². The first-order valence-electron chi connectivity index (χ1n) is 7.62. The molecule has 0 spiro atoms. The summed E-state index contributed by atoms with van der Waals surface area (Å²) < 4.78 is 5.42. The number of piperidine rings is 1. The molecule has 2 unspecified atom stereocenters. The first-order valence-corrected chi connectivity index (χ1v) is 7.62. The highest BCUT2D eigenvalue weighted by atomic mass is 35.5. The SMILES string of the molecule is COC1CCN(C(=O)c2nccc3ccccc23)C(CN)C1.Cl.Cl. The predicted octanol–water partition coefficient (Wildman–Crippen LogP) is 2.66. The highest BCUT2D eigenvalue weighted by molar-refractivity contribution is 6.05. The first-order chi connectivity index (χ1) is 10.7. The van der Waals surface area contributed by atoms with E-state index < -0.39 is 0 Å². The molecule has 1 aliphatic heterocycles. The van der Waals surface area contributed by atoms with Crippen LogP contribution < -0.4 is 5.73 Å². The second-order valence-corrected chi connectivity index (χ2v) is 5.65. The molecule has 1 saturated heterocycles. The van der Waals surface area contributed by atoms with Crippen LogP contribution in [0.2, 0.25) is 0 Å². The van der Waals surface area contributed by atoms with Crippen molar-refractivity contribution in [3.63, 3.8) is 0 Å². The minimum Gasteiger partial charge on any atom is -0.381 e. The number of fused-ring (bicyclic) bond motifs is 1. The van der Waals surface area contributed by atoms with Gasteiger partial charge in [0.25, 0.3) is 5.91 Å². The zero-order valence-corrected chi connectivity index (χ0v) is 15.2. The molecule has 1 aromatic heterocycles. The maximum Gasteiger partial charge on any atom is 0.273 e. The lowest BCUT2D eigenvalue weighted by Gasteiger charge is -2.38. The minimum absolute atomic E-state index is 0. The van der Waals surface area contributed by atoms with Crippen molar-refractivity contribution in [3.8, 4) is 0 Å². The quantitative estimate of drug-likeness (QED) is 0.900. The molecular weight excluding hydrogens is 349 g/mol. The number of carbonyl (C=O) groups is 1. The van der Waals surface area contributed by atoms with Crippen molar-refractivity contribution in [1.82, 2.24) is 9.88 Å². The molecule has 2 atom stereocenters. The molecule has 0 aliphatic carbocycles. The van der Waals surface area contributed by atoms with Gasteiger partial charge in [-0.15, -0.1) is 24.8 Å². The number of nitrogens with two attached hydrogens (primary N) is 1. The maximum absolute atomic E-state index is 12.9. The summed E-state index contributed by atoms with van der Waals surface area (Å²) in [6.45, 7) is 1.10. The van der Waals surface area contributed by atoms with Crippen LogP contribution >= 0.6 is 24.8 Å². The number of methoxy groups -OCH3 is 1. The summed E-state index contributed by atoms with van der Waals surface area (Å²) in [5.41, 5.74) is 6.38. The number of amides is 1. The molecule has 24 heavy (non-hydrogen) atoms. The Labute approximate surface area is 154 Å². The number of aromatic nitrogens is 1. The second-order valence-electron chi connectivity index (χ2n) is 5.65. The Morgan fingerprint density at radius 1 is 1.33 bits per heavy atom. The van der Waals surface area contributed by atoms with E-state index in [9.17, 15) is 4.79 Å². The fraction of sp³-hybridized carbons (Fsp3) is 0.412. The number of benzene rings is 1. The summed E-state index contributed by atoms with van der Waals surface area (Å²) in [5.74, 6) is -0.0400. The molecule has 0 saturated carbocycles. The monoisotopic (exact) mass is 371 g/mol. The third kappa shape index (κ3) is 3.98. The van der Waals surface area contributed by atoms with Gasteiger partial charge in [-0.25, -0.2) is 0 Å². The Balaban J connectivity index is 0.00000144. The number of hydrogen-bond acceptors (Lipinski definition) is 4. The number of hydrogen-bond donors (Lipinski definition) is 1. The van der Waals surface area contributed by atoms with E-state index in [1.165, 1.54) is 0 Å². The molecule has 5 nitrogen and oxygen atoms in total. The van der Waals surface area contributed by atoms with Crippen molar-refractivity contribution < 1.29 is 9.53 Å². The number of ether oxygens (including phenoxy) is 1. The summed E-state index contributed by atoms with van der Waals surface area (Å²) >= 11 is 0. The Hall–Kier alpha value is -1.40. The van der Waals surface area contributed by atoms with Crippen molar-refractivity contribution in [2.45, 2.75) is 25.0 Å². The number of pyridine rings is 1. The van der Waals surface area contributed by atoms with E-state index in [0.717, 1.165) is 23.6 Å². The molecule has 7 heteroatoms. The minimum atomic E-state index is -0.0400. The van der Waals surface area contributed by atoms with Gasteiger partial charge in [-0.3, -0.25) is 9.78 Å². The molecule has 1 aromatic carbocycles. The average molecular weight is 372 g/mol. The highest BCUT2D eigenvalue weighted by Gasteiger charge is 2.32. The molecule has 2 N–H and O–H groups in total. The Morgan fingerprint density at radius 2 is 2.08 bits per heavy atom. The predicted molar refractivity (Wildman–Crippen MR) is 100 cm³/mol. The highest BCUT2D eigenvalue weighted by Crippen LogP contribution is 2.24. The summed E-state index contributed by atoms with van der Waals surface area (Å²) in [4.78, 5) is 19.1. The Kier molecular flexibility index (Phi) is 7.90. The lowest BCUT2D eigenvalue weighted by atomic mass is 9.98. The van der Waals surface area contributed by atoms with Gasteiger partial charge in [-0.1, -0.05) is 24.3 Å². The maximum atomic E-state index is 12.9. The summed E-state index contributed by atoms with van der Waals surface area (Å²) in [5, 5.41) is 1.91. The van der Waals surface area contributed by atoms with Gasteiger partial charge in [0.2, 0.25) is 0 Å². The molecular formula is C17H23Cl2N3O2. The van der Waals surface area contributed by atoms with Crippen LogP contribution in [0, 0.1) is 0 Å². The number of carbonyl (C=O) groups excluding carboxylic acids is 1. The van der Waals surface area contributed by atoms with E-state index in [1.54, 1.807) is 13.3 Å². The van der Waals surface area contributed by atoms with Crippen LogP contribution in [-0.4, -0.2) is 48.1 Å². The van der Waals surface area contributed by atoms with Gasteiger partial charge in [0.15, 0.2) is 0 Å². The van der Waals surface area contributed by atoms with Gasteiger partial charge in [0.1, 0.15) is 5.69 Å². The standard InChI is InChI=1S/C17H21N3O2.2ClH/c1-22-14-7-9-20(13(10-14)11-18)17(21)16-15-5-3-2-4-12(15)6-8-19-16;;/h2-6,8,13-14H,7,9-11,18H2,1H3;2*1H. The van der Waals surface area contributed by atoms with E-state index in [0.29, 0.717) is 18.8 Å². The molecule has 1 fully saturated rings. The zero-order chi connectivity index (χ0) is 15.5. The van der Waals surface area contributed by atoms with Crippen LogP contribution in [0.5, 0.6) is 0 Å². The molecule has 2 heterocycles. The Bertz CT molecular complexity index is 678. The fourth-order valence-electron chi connectivity index (χ4n) is 3.15. The normalized spacial score (nSPS) is 20.2. The number of nitrogens with zero attached hydrogens (tertiary/aromatic N) is 2. The van der Waals surface area contributed by atoms with E-state index in [2.05, 4.69) is 4.98 Å². The first kappa shape index (κ1) is 20.6. The molecule has 1 aliphatic rings. The van der Waals surface area contributed by atoms with E-state index in [4.69, 9.17) is 10.5 Å². The van der Waals surface area contributed by atoms with Gasteiger partial charge in [-0.05, 0) is 24.3 Å². The van der Waals surface area contributed by atoms with Crippen LogP contribution in [0.15, 0.2) is 36.5 Å².